The minimum Gasteiger partial charge on any atom is -0.462 e. The van der Waals surface area contributed by atoms with E-state index < -0.39 is 5.97 Å². The fourth-order valence-corrected chi connectivity index (χ4v) is 3.85. The average molecular weight is 458 g/mol. The second-order valence-electron chi connectivity index (χ2n) is 6.79. The highest BCUT2D eigenvalue weighted by molar-refractivity contribution is 7.13. The smallest absolute Gasteiger partial charge is 0.340 e. The number of esters is 1. The summed E-state index contributed by atoms with van der Waals surface area (Å²) in [4.78, 5) is 16.3. The highest BCUT2D eigenvalue weighted by atomic mass is 32.1. The van der Waals surface area contributed by atoms with Gasteiger partial charge < -0.3 is 9.64 Å². The van der Waals surface area contributed by atoms with Gasteiger partial charge in [-0.25, -0.2) is 4.79 Å². The summed E-state index contributed by atoms with van der Waals surface area (Å²) in [6.45, 7) is 8.13. The molecule has 0 fully saturated rings. The molecule has 0 amide bonds. The number of benzene rings is 1. The number of nitrogens with zero attached hydrogens (tertiary/aromatic N) is 3. The fourth-order valence-electron chi connectivity index (χ4n) is 3.02. The summed E-state index contributed by atoms with van der Waals surface area (Å²) in [6.07, 6.45) is 11.2. The summed E-state index contributed by atoms with van der Waals surface area (Å²) >= 11 is 1.53. The lowest BCUT2D eigenvalue weighted by molar-refractivity contribution is -0.138. The molecule has 0 N–H and O–H groups in total. The average Bonchev–Trinajstić information content (AvgIpc) is 3.29. The van der Waals surface area contributed by atoms with Crippen molar-refractivity contribution in [2.75, 3.05) is 24.6 Å². The molecule has 1 aromatic carbocycles. The lowest BCUT2D eigenvalue weighted by atomic mass is 10.1. The van der Waals surface area contributed by atoms with Crippen LogP contribution in [0.15, 0.2) is 65.8 Å². The molecule has 0 aliphatic carbocycles. The van der Waals surface area contributed by atoms with Crippen molar-refractivity contribution in [3.8, 4) is 12.1 Å². The molecule has 0 saturated carbocycles. The van der Waals surface area contributed by atoms with E-state index in [9.17, 15) is 4.79 Å². The van der Waals surface area contributed by atoms with Crippen LogP contribution in [0.3, 0.4) is 0 Å². The Bertz CT molecular complexity index is 1120. The van der Waals surface area contributed by atoms with Crippen LogP contribution in [0, 0.1) is 22.7 Å². The zero-order chi connectivity index (χ0) is 24.1. The number of rotatable bonds is 10. The zero-order valence-corrected chi connectivity index (χ0v) is 19.9. The number of nitriles is 2. The van der Waals surface area contributed by atoms with Crippen molar-refractivity contribution in [2.24, 2.45) is 0 Å². The molecule has 1 aromatic heterocycles. The summed E-state index contributed by atoms with van der Waals surface area (Å²) in [5.41, 5.74) is 2.05. The number of ether oxygens (including phenoxy) is 1. The predicted octanol–water partition coefficient (Wildman–Crippen LogP) is 6.24. The maximum atomic E-state index is 12.1. The molecular formula is C27H27N3O2S. The molecule has 0 spiro atoms. The van der Waals surface area contributed by atoms with Gasteiger partial charge in [-0.3, -0.25) is 0 Å². The Labute approximate surface area is 199 Å². The Kier molecular flexibility index (Phi) is 10.4. The third-order valence-corrected chi connectivity index (χ3v) is 5.75. The van der Waals surface area contributed by atoms with Gasteiger partial charge in [0.25, 0.3) is 0 Å². The molecule has 168 valence electrons. The van der Waals surface area contributed by atoms with Crippen molar-refractivity contribution >= 4 is 41.2 Å². The molecule has 0 aliphatic heterocycles. The number of carbonyl (C=O) groups excluding carboxylic acids is 1. The maximum Gasteiger partial charge on any atom is 0.340 e. The molecule has 33 heavy (non-hydrogen) atoms. The van der Waals surface area contributed by atoms with Crippen LogP contribution in [0.4, 0.5) is 5.69 Å². The number of hydrogen-bond donors (Lipinski definition) is 0. The van der Waals surface area contributed by atoms with Gasteiger partial charge in [-0.05, 0) is 68.8 Å². The Morgan fingerprint density at radius 2 is 1.55 bits per heavy atom. The molecule has 2 aromatic rings. The van der Waals surface area contributed by atoms with E-state index in [1.165, 1.54) is 23.1 Å². The third kappa shape index (κ3) is 7.64. The Balaban J connectivity index is 2.05. The maximum absolute atomic E-state index is 12.1. The quantitative estimate of drug-likeness (QED) is 0.183. The van der Waals surface area contributed by atoms with Crippen molar-refractivity contribution in [1.82, 2.24) is 0 Å². The molecule has 0 radical (unpaired) electrons. The first-order chi connectivity index (χ1) is 16.1. The van der Waals surface area contributed by atoms with Crippen molar-refractivity contribution in [2.45, 2.75) is 20.8 Å². The van der Waals surface area contributed by atoms with E-state index in [-0.39, 0.29) is 17.8 Å². The van der Waals surface area contributed by atoms with Gasteiger partial charge in [0.05, 0.1) is 12.2 Å². The van der Waals surface area contributed by atoms with Crippen molar-refractivity contribution in [1.29, 1.82) is 10.5 Å². The summed E-state index contributed by atoms with van der Waals surface area (Å²) < 4.78 is 4.95. The largest absolute Gasteiger partial charge is 0.462 e. The zero-order valence-electron chi connectivity index (χ0n) is 19.1. The number of anilines is 1. The van der Waals surface area contributed by atoms with Gasteiger partial charge in [-0.1, -0.05) is 30.4 Å². The van der Waals surface area contributed by atoms with Gasteiger partial charge in [0.1, 0.15) is 17.7 Å². The lowest BCUT2D eigenvalue weighted by Crippen LogP contribution is -2.21. The normalized spacial score (nSPS) is 10.9. The predicted molar refractivity (Wildman–Crippen MR) is 136 cm³/mol. The number of carbonyl (C=O) groups is 1. The number of thiophene rings is 1. The molecular weight excluding hydrogens is 430 g/mol. The molecule has 2 rings (SSSR count). The molecule has 0 saturated heterocycles. The standard InChI is InChI=1S/C27H27N3O2S/c1-4-30(5-2)23-13-11-21(12-14-23)9-7-8-10-24-15-16-25(33-24)17-18-26(22(19-28)20-29)27(31)32-6-3/h7-18H,4-6H2,1-3H3. The molecule has 0 aliphatic rings. The summed E-state index contributed by atoms with van der Waals surface area (Å²) in [6, 6.07) is 15.9. The first-order valence-electron chi connectivity index (χ1n) is 10.7. The van der Waals surface area contributed by atoms with Crippen molar-refractivity contribution < 1.29 is 9.53 Å². The Morgan fingerprint density at radius 1 is 0.939 bits per heavy atom. The third-order valence-electron chi connectivity index (χ3n) is 4.73. The van der Waals surface area contributed by atoms with E-state index >= 15 is 0 Å². The monoisotopic (exact) mass is 457 g/mol. The van der Waals surface area contributed by atoms with Gasteiger partial charge in [-0.15, -0.1) is 11.3 Å². The summed E-state index contributed by atoms with van der Waals surface area (Å²) in [7, 11) is 0. The van der Waals surface area contributed by atoms with Crippen LogP contribution in [0.5, 0.6) is 0 Å². The highest BCUT2D eigenvalue weighted by Gasteiger charge is 2.14. The summed E-state index contributed by atoms with van der Waals surface area (Å²) in [5, 5.41) is 18.2. The molecule has 5 nitrogen and oxygen atoms in total. The first kappa shape index (κ1) is 25.4. The highest BCUT2D eigenvalue weighted by Crippen LogP contribution is 2.21. The SMILES string of the molecule is CCOC(=O)C(C=Cc1ccc(C=CC=Cc2ccc(N(CC)CC)cc2)s1)=C(C#N)C#N. The van der Waals surface area contributed by atoms with E-state index in [1.54, 1.807) is 25.1 Å². The van der Waals surface area contributed by atoms with Crippen molar-refractivity contribution in [3.63, 3.8) is 0 Å². The van der Waals surface area contributed by atoms with Gasteiger partial charge in [-0.2, -0.15) is 10.5 Å². The number of hydrogen-bond acceptors (Lipinski definition) is 6. The Hall–Kier alpha value is -3.87. The van der Waals surface area contributed by atoms with Crippen LogP contribution >= 0.6 is 11.3 Å². The van der Waals surface area contributed by atoms with Gasteiger partial charge in [0.15, 0.2) is 0 Å². The molecule has 0 unspecified atom stereocenters. The van der Waals surface area contributed by atoms with E-state index in [0.29, 0.717) is 0 Å². The van der Waals surface area contributed by atoms with Crippen LogP contribution in [-0.4, -0.2) is 25.7 Å². The van der Waals surface area contributed by atoms with Gasteiger partial charge >= 0.3 is 5.97 Å². The fraction of sp³-hybridized carbons (Fsp3) is 0.222. The van der Waals surface area contributed by atoms with Gasteiger partial charge in [0, 0.05) is 28.5 Å². The van der Waals surface area contributed by atoms with Gasteiger partial charge in [0.2, 0.25) is 0 Å². The topological polar surface area (TPSA) is 77.1 Å². The van der Waals surface area contributed by atoms with Crippen LogP contribution < -0.4 is 4.90 Å². The first-order valence-corrected chi connectivity index (χ1v) is 11.6. The second-order valence-corrected chi connectivity index (χ2v) is 7.94. The minimum atomic E-state index is -0.682. The van der Waals surface area contributed by atoms with Crippen molar-refractivity contribution in [3.05, 3.63) is 81.1 Å². The summed E-state index contributed by atoms with van der Waals surface area (Å²) in [5.74, 6) is -0.682. The van der Waals surface area contributed by atoms with Crippen LogP contribution in [0.2, 0.25) is 0 Å². The number of allylic oxidation sites excluding steroid dienone is 3. The van der Waals surface area contributed by atoms with Crippen LogP contribution in [0.1, 0.15) is 36.1 Å². The van der Waals surface area contributed by atoms with Crippen LogP contribution in [-0.2, 0) is 9.53 Å². The van der Waals surface area contributed by atoms with E-state index in [0.717, 1.165) is 28.4 Å². The second kappa shape index (κ2) is 13.5. The molecule has 6 heteroatoms. The molecule has 0 atom stereocenters. The molecule has 1 heterocycles. The van der Waals surface area contributed by atoms with Crippen LogP contribution in [0.25, 0.3) is 18.2 Å². The van der Waals surface area contributed by atoms with E-state index in [4.69, 9.17) is 15.3 Å². The lowest BCUT2D eigenvalue weighted by Gasteiger charge is -2.20. The minimum absolute atomic E-state index is 0.0395. The Morgan fingerprint density at radius 3 is 2.12 bits per heavy atom. The van der Waals surface area contributed by atoms with E-state index in [2.05, 4.69) is 49.1 Å². The molecule has 0 bridgehead atoms. The van der Waals surface area contributed by atoms with E-state index in [1.807, 2.05) is 30.4 Å².